The maximum atomic E-state index is 11.5. The number of methoxy groups -OCH3 is 1. The van der Waals surface area contributed by atoms with Crippen molar-refractivity contribution in [2.75, 3.05) is 20.2 Å². The van der Waals surface area contributed by atoms with Crippen LogP contribution < -0.4 is 0 Å². The molecule has 0 aliphatic carbocycles. The van der Waals surface area contributed by atoms with Crippen LogP contribution in [-0.2, 0) is 9.53 Å². The molecule has 1 rings (SSSR count). The number of carbonyl (C=O) groups is 1. The average molecular weight is 243 g/mol. The molecule has 1 fully saturated rings. The average Bonchev–Trinajstić information content (AvgIpc) is 2.50. The van der Waals surface area contributed by atoms with Crippen LogP contribution in [0, 0.1) is 5.92 Å². The lowest BCUT2D eigenvalue weighted by Gasteiger charge is -2.32. The Labute approximate surface area is 104 Å². The van der Waals surface area contributed by atoms with Crippen molar-refractivity contribution >= 4 is 5.97 Å². The topological polar surface area (TPSA) is 49.8 Å². The molecule has 1 saturated heterocycles. The molecule has 0 saturated carbocycles. The molecule has 0 aromatic heterocycles. The predicted molar refractivity (Wildman–Crippen MR) is 66.7 cm³/mol. The highest BCUT2D eigenvalue weighted by Crippen LogP contribution is 2.31. The van der Waals surface area contributed by atoms with Gasteiger partial charge in [-0.3, -0.25) is 4.79 Å². The van der Waals surface area contributed by atoms with Crippen LogP contribution in [0.15, 0.2) is 0 Å². The smallest absolute Gasteiger partial charge is 0.311 e. The van der Waals surface area contributed by atoms with E-state index in [2.05, 4.69) is 18.7 Å². The van der Waals surface area contributed by atoms with Gasteiger partial charge < -0.3 is 14.7 Å². The lowest BCUT2D eigenvalue weighted by atomic mass is 9.82. The highest BCUT2D eigenvalue weighted by molar-refractivity contribution is 5.73. The molecule has 2 unspecified atom stereocenters. The molecule has 0 radical (unpaired) electrons. The van der Waals surface area contributed by atoms with E-state index in [1.165, 1.54) is 7.11 Å². The number of hydrogen-bond acceptors (Lipinski definition) is 4. The van der Waals surface area contributed by atoms with Crippen molar-refractivity contribution in [3.63, 3.8) is 0 Å². The van der Waals surface area contributed by atoms with Crippen molar-refractivity contribution in [3.8, 4) is 0 Å². The molecule has 0 amide bonds. The van der Waals surface area contributed by atoms with E-state index in [4.69, 9.17) is 4.74 Å². The van der Waals surface area contributed by atoms with E-state index in [1.807, 2.05) is 0 Å². The zero-order valence-corrected chi connectivity index (χ0v) is 11.4. The lowest BCUT2D eigenvalue weighted by Crippen LogP contribution is -2.42. The Bertz CT molecular complexity index is 267. The second-order valence-electron chi connectivity index (χ2n) is 5.33. The minimum Gasteiger partial charge on any atom is -0.469 e. The van der Waals surface area contributed by atoms with Gasteiger partial charge in [-0.25, -0.2) is 0 Å². The SMILES string of the molecule is COC(=O)C(C)C1(O)CCCN(C(C)C)CC1. The Balaban J connectivity index is 2.68. The van der Waals surface area contributed by atoms with Crippen LogP contribution in [-0.4, -0.2) is 47.8 Å². The molecule has 1 heterocycles. The minimum absolute atomic E-state index is 0.314. The van der Waals surface area contributed by atoms with E-state index in [0.717, 1.165) is 19.5 Å². The number of carbonyl (C=O) groups excluding carboxylic acids is 1. The third-order valence-electron chi connectivity index (χ3n) is 3.98. The summed E-state index contributed by atoms with van der Waals surface area (Å²) in [5.74, 6) is -0.759. The standard InChI is InChI=1S/C13H25NO3/c1-10(2)14-8-5-6-13(16,7-9-14)11(3)12(15)17-4/h10-11,16H,5-9H2,1-4H3. The van der Waals surface area contributed by atoms with Crippen molar-refractivity contribution in [2.24, 2.45) is 5.92 Å². The summed E-state index contributed by atoms with van der Waals surface area (Å²) in [5.41, 5.74) is -0.906. The van der Waals surface area contributed by atoms with Gasteiger partial charge >= 0.3 is 5.97 Å². The number of ether oxygens (including phenoxy) is 1. The third kappa shape index (κ3) is 3.42. The van der Waals surface area contributed by atoms with Crippen LogP contribution >= 0.6 is 0 Å². The summed E-state index contributed by atoms with van der Waals surface area (Å²) in [7, 11) is 1.37. The quantitative estimate of drug-likeness (QED) is 0.762. The molecule has 1 N–H and O–H groups in total. The molecule has 100 valence electrons. The van der Waals surface area contributed by atoms with E-state index in [-0.39, 0.29) is 5.97 Å². The summed E-state index contributed by atoms with van der Waals surface area (Å²) >= 11 is 0. The van der Waals surface area contributed by atoms with Gasteiger partial charge in [0.05, 0.1) is 18.6 Å². The van der Waals surface area contributed by atoms with Crippen LogP contribution in [0.1, 0.15) is 40.0 Å². The third-order valence-corrected chi connectivity index (χ3v) is 3.98. The van der Waals surface area contributed by atoms with Crippen LogP contribution in [0.5, 0.6) is 0 Å². The van der Waals surface area contributed by atoms with Crippen LogP contribution in [0.4, 0.5) is 0 Å². The van der Waals surface area contributed by atoms with E-state index >= 15 is 0 Å². The Morgan fingerprint density at radius 2 is 1.94 bits per heavy atom. The first kappa shape index (κ1) is 14.5. The largest absolute Gasteiger partial charge is 0.469 e. The fourth-order valence-corrected chi connectivity index (χ4v) is 2.51. The Morgan fingerprint density at radius 1 is 1.29 bits per heavy atom. The predicted octanol–water partition coefficient (Wildman–Crippen LogP) is 1.42. The molecule has 0 spiro atoms. The zero-order chi connectivity index (χ0) is 13.1. The van der Waals surface area contributed by atoms with E-state index in [1.54, 1.807) is 6.92 Å². The monoisotopic (exact) mass is 243 g/mol. The molecule has 1 aliphatic heterocycles. The molecule has 4 nitrogen and oxygen atoms in total. The first-order valence-corrected chi connectivity index (χ1v) is 6.45. The zero-order valence-electron chi connectivity index (χ0n) is 11.4. The molecular formula is C13H25NO3. The van der Waals surface area contributed by atoms with E-state index in [0.29, 0.717) is 18.9 Å². The van der Waals surface area contributed by atoms with Gasteiger partial charge in [-0.05, 0) is 46.6 Å². The number of esters is 1. The second kappa shape index (κ2) is 5.83. The van der Waals surface area contributed by atoms with Gasteiger partial charge in [0.25, 0.3) is 0 Å². The fourth-order valence-electron chi connectivity index (χ4n) is 2.51. The highest BCUT2D eigenvalue weighted by Gasteiger charge is 2.40. The van der Waals surface area contributed by atoms with Crippen LogP contribution in [0.3, 0.4) is 0 Å². The normalized spacial score (nSPS) is 28.8. The molecular weight excluding hydrogens is 218 g/mol. The molecule has 17 heavy (non-hydrogen) atoms. The number of nitrogens with zero attached hydrogens (tertiary/aromatic N) is 1. The number of aliphatic hydroxyl groups is 1. The fraction of sp³-hybridized carbons (Fsp3) is 0.923. The summed E-state index contributed by atoms with van der Waals surface area (Å²) in [4.78, 5) is 13.9. The van der Waals surface area contributed by atoms with Gasteiger partial charge in [0, 0.05) is 12.6 Å². The van der Waals surface area contributed by atoms with E-state index in [9.17, 15) is 9.90 Å². The summed E-state index contributed by atoms with van der Waals surface area (Å²) in [5, 5.41) is 10.6. The van der Waals surface area contributed by atoms with Gasteiger partial charge in [0.1, 0.15) is 0 Å². The van der Waals surface area contributed by atoms with Crippen LogP contribution in [0.2, 0.25) is 0 Å². The van der Waals surface area contributed by atoms with Gasteiger partial charge in [-0.15, -0.1) is 0 Å². The van der Waals surface area contributed by atoms with Gasteiger partial charge in [-0.2, -0.15) is 0 Å². The Kier molecular flexibility index (Phi) is 4.95. The first-order valence-electron chi connectivity index (χ1n) is 6.45. The molecule has 0 aromatic carbocycles. The number of rotatable bonds is 3. The summed E-state index contributed by atoms with van der Waals surface area (Å²) in [6, 6.07) is 0.491. The number of likely N-dealkylation sites (tertiary alicyclic amines) is 1. The van der Waals surface area contributed by atoms with E-state index < -0.39 is 11.5 Å². The van der Waals surface area contributed by atoms with Crippen molar-refractivity contribution in [2.45, 2.75) is 51.7 Å². The van der Waals surface area contributed by atoms with Crippen molar-refractivity contribution in [3.05, 3.63) is 0 Å². The highest BCUT2D eigenvalue weighted by atomic mass is 16.5. The summed E-state index contributed by atoms with van der Waals surface area (Å²) < 4.78 is 4.73. The van der Waals surface area contributed by atoms with Crippen LogP contribution in [0.25, 0.3) is 0 Å². The lowest BCUT2D eigenvalue weighted by molar-refractivity contribution is -0.155. The second-order valence-corrected chi connectivity index (χ2v) is 5.33. The summed E-state index contributed by atoms with van der Waals surface area (Å²) in [6.45, 7) is 7.92. The molecule has 4 heteroatoms. The molecule has 0 bridgehead atoms. The molecule has 2 atom stereocenters. The molecule has 0 aromatic rings. The minimum atomic E-state index is -0.906. The van der Waals surface area contributed by atoms with Gasteiger partial charge in [-0.1, -0.05) is 0 Å². The van der Waals surface area contributed by atoms with Gasteiger partial charge in [0.2, 0.25) is 0 Å². The van der Waals surface area contributed by atoms with Gasteiger partial charge in [0.15, 0.2) is 0 Å². The molecule has 1 aliphatic rings. The number of hydrogen-bond donors (Lipinski definition) is 1. The maximum absolute atomic E-state index is 11.5. The Hall–Kier alpha value is -0.610. The first-order chi connectivity index (χ1) is 7.90. The maximum Gasteiger partial charge on any atom is 0.311 e. The van der Waals surface area contributed by atoms with Crippen molar-refractivity contribution < 1.29 is 14.6 Å². The van der Waals surface area contributed by atoms with Crippen molar-refractivity contribution in [1.29, 1.82) is 0 Å². The Morgan fingerprint density at radius 3 is 2.47 bits per heavy atom. The summed E-state index contributed by atoms with van der Waals surface area (Å²) in [6.07, 6.45) is 2.24. The van der Waals surface area contributed by atoms with Crippen molar-refractivity contribution in [1.82, 2.24) is 4.90 Å².